The summed E-state index contributed by atoms with van der Waals surface area (Å²) in [6.07, 6.45) is -1.11. The Labute approximate surface area is 237 Å². The van der Waals surface area contributed by atoms with E-state index in [1.165, 1.54) is 18.2 Å². The Morgan fingerprint density at radius 3 is 2.45 bits per heavy atom. The summed E-state index contributed by atoms with van der Waals surface area (Å²) in [7, 11) is 0. The number of carbonyl (C=O) groups excluding carboxylic acids is 3. The predicted molar refractivity (Wildman–Crippen MR) is 150 cm³/mol. The standard InChI is InChI=1S/C30H26N2O10/c1-30(2,3)42-29(37)31-14-17(33)8-9-26(35)38-15-16-10-27(36)40-23-12-20-24(11-19(16)23)41-28(32-20)25-13-21(34)18-6-4-5-7-22(18)39-25/h4-7,10-13H,8-9,14-15H2,1-3H3,(H,31,37). The Balaban J connectivity index is 1.28. The van der Waals surface area contributed by atoms with Gasteiger partial charge in [0.15, 0.2) is 22.6 Å². The number of hydrogen-bond acceptors (Lipinski definition) is 11. The number of Topliss-reactive ketones (excluding diaryl/α,β-unsaturated/α-hetero) is 1. The highest BCUT2D eigenvalue weighted by molar-refractivity contribution is 5.93. The maximum absolute atomic E-state index is 12.5. The SMILES string of the molecule is CC(C)(C)OC(=O)NCC(=O)CCC(=O)OCc1cc(=O)oc2cc3nc(-c4cc(=O)c5ccccc5o4)oc3cc12. The topological polar surface area (TPSA) is 168 Å². The summed E-state index contributed by atoms with van der Waals surface area (Å²) in [6.45, 7) is 4.54. The fourth-order valence-corrected chi connectivity index (χ4v) is 4.13. The minimum atomic E-state index is -0.733. The van der Waals surface area contributed by atoms with Gasteiger partial charge in [-0.1, -0.05) is 12.1 Å². The largest absolute Gasteiger partial charge is 0.461 e. The van der Waals surface area contributed by atoms with E-state index in [4.69, 9.17) is 22.7 Å². The minimum absolute atomic E-state index is 0.0595. The average Bonchev–Trinajstić information content (AvgIpc) is 3.34. The average molecular weight is 575 g/mol. The quantitative estimate of drug-likeness (QED) is 0.203. The first-order valence-corrected chi connectivity index (χ1v) is 13.0. The van der Waals surface area contributed by atoms with E-state index in [2.05, 4.69) is 10.3 Å². The number of hydrogen-bond donors (Lipinski definition) is 1. The first kappa shape index (κ1) is 28.3. The van der Waals surface area contributed by atoms with Crippen molar-refractivity contribution in [3.63, 3.8) is 0 Å². The maximum atomic E-state index is 12.5. The van der Waals surface area contributed by atoms with Gasteiger partial charge in [-0.05, 0) is 39.0 Å². The van der Waals surface area contributed by atoms with E-state index in [1.807, 2.05) is 0 Å². The van der Waals surface area contributed by atoms with Gasteiger partial charge in [0.2, 0.25) is 0 Å². The highest BCUT2D eigenvalue weighted by Gasteiger charge is 2.19. The Hall–Kier alpha value is -5.26. The molecule has 12 nitrogen and oxygen atoms in total. The lowest BCUT2D eigenvalue weighted by molar-refractivity contribution is -0.146. The second-order valence-electron chi connectivity index (χ2n) is 10.5. The zero-order chi connectivity index (χ0) is 30.0. The number of ether oxygens (including phenoxy) is 2. The number of esters is 1. The summed E-state index contributed by atoms with van der Waals surface area (Å²) in [5, 5.41) is 3.20. The fraction of sp³-hybridized carbons (Fsp3) is 0.267. The number of fused-ring (bicyclic) bond motifs is 3. The van der Waals surface area contributed by atoms with Gasteiger partial charge >= 0.3 is 17.7 Å². The maximum Gasteiger partial charge on any atom is 0.408 e. The summed E-state index contributed by atoms with van der Waals surface area (Å²) in [5.74, 6) is -0.861. The zero-order valence-corrected chi connectivity index (χ0v) is 23.0. The van der Waals surface area contributed by atoms with Crippen molar-refractivity contribution in [3.05, 3.63) is 74.7 Å². The Kier molecular flexibility index (Phi) is 7.62. The number of amides is 1. The molecule has 12 heteroatoms. The molecule has 3 heterocycles. The molecule has 0 radical (unpaired) electrons. The number of ketones is 1. The van der Waals surface area contributed by atoms with Crippen molar-refractivity contribution in [3.8, 4) is 11.7 Å². The highest BCUT2D eigenvalue weighted by Crippen LogP contribution is 2.30. The van der Waals surface area contributed by atoms with E-state index in [9.17, 15) is 24.0 Å². The smallest absolute Gasteiger partial charge is 0.408 e. The Morgan fingerprint density at radius 2 is 1.67 bits per heavy atom. The second-order valence-corrected chi connectivity index (χ2v) is 10.5. The number of benzene rings is 2. The molecule has 0 bridgehead atoms. The van der Waals surface area contributed by atoms with Crippen molar-refractivity contribution < 1.29 is 37.1 Å². The molecule has 0 aliphatic rings. The highest BCUT2D eigenvalue weighted by atomic mass is 16.6. The molecule has 0 aliphatic carbocycles. The van der Waals surface area contributed by atoms with Crippen LogP contribution in [0.15, 0.2) is 71.4 Å². The minimum Gasteiger partial charge on any atom is -0.461 e. The number of oxazole rings is 1. The lowest BCUT2D eigenvalue weighted by Gasteiger charge is -2.19. The van der Waals surface area contributed by atoms with Gasteiger partial charge in [-0.15, -0.1) is 0 Å². The van der Waals surface area contributed by atoms with Crippen LogP contribution in [0.4, 0.5) is 4.79 Å². The zero-order valence-electron chi connectivity index (χ0n) is 23.0. The molecular formula is C30H26N2O10. The van der Waals surface area contributed by atoms with Crippen molar-refractivity contribution in [2.24, 2.45) is 0 Å². The van der Waals surface area contributed by atoms with Crippen LogP contribution in [0.25, 0.3) is 44.7 Å². The molecule has 3 aromatic heterocycles. The van der Waals surface area contributed by atoms with Crippen LogP contribution >= 0.6 is 0 Å². The van der Waals surface area contributed by atoms with Crippen LogP contribution in [0.2, 0.25) is 0 Å². The van der Waals surface area contributed by atoms with E-state index < -0.39 is 23.3 Å². The summed E-state index contributed by atoms with van der Waals surface area (Å²) >= 11 is 0. The number of para-hydroxylation sites is 1. The molecule has 0 unspecified atom stereocenters. The van der Waals surface area contributed by atoms with Gasteiger partial charge < -0.3 is 28.0 Å². The summed E-state index contributed by atoms with van der Waals surface area (Å²) in [6, 6.07) is 12.4. The molecule has 5 aromatic rings. The predicted octanol–water partition coefficient (Wildman–Crippen LogP) is 4.62. The molecule has 42 heavy (non-hydrogen) atoms. The van der Waals surface area contributed by atoms with Crippen LogP contribution in [0.3, 0.4) is 0 Å². The van der Waals surface area contributed by atoms with Gasteiger partial charge in [-0.25, -0.2) is 14.6 Å². The monoisotopic (exact) mass is 574 g/mol. The van der Waals surface area contributed by atoms with E-state index >= 15 is 0 Å². The van der Waals surface area contributed by atoms with E-state index in [0.29, 0.717) is 33.0 Å². The summed E-state index contributed by atoms with van der Waals surface area (Å²) < 4.78 is 27.4. The summed E-state index contributed by atoms with van der Waals surface area (Å²) in [4.78, 5) is 65.1. The number of aromatic nitrogens is 1. The molecule has 0 saturated carbocycles. The first-order chi connectivity index (χ1) is 19.9. The number of nitrogens with one attached hydrogen (secondary N) is 1. The van der Waals surface area contributed by atoms with Gasteiger partial charge in [0.05, 0.1) is 18.4 Å². The van der Waals surface area contributed by atoms with Gasteiger partial charge in [0, 0.05) is 35.6 Å². The van der Waals surface area contributed by atoms with Crippen LogP contribution in [-0.2, 0) is 25.7 Å². The molecule has 0 aliphatic heterocycles. The molecule has 0 atom stereocenters. The molecule has 0 saturated heterocycles. The number of rotatable bonds is 8. The molecule has 216 valence electrons. The third-order valence-corrected chi connectivity index (χ3v) is 6.01. The summed E-state index contributed by atoms with van der Waals surface area (Å²) in [5.41, 5.74) is -0.0401. The van der Waals surface area contributed by atoms with Crippen molar-refractivity contribution in [2.45, 2.75) is 45.8 Å². The number of nitrogens with zero attached hydrogens (tertiary/aromatic N) is 1. The van der Waals surface area contributed by atoms with Crippen LogP contribution in [0.5, 0.6) is 0 Å². The molecule has 2 aromatic carbocycles. The molecule has 0 spiro atoms. The Morgan fingerprint density at radius 1 is 0.881 bits per heavy atom. The van der Waals surface area contributed by atoms with Crippen molar-refractivity contribution in [2.75, 3.05) is 6.54 Å². The van der Waals surface area contributed by atoms with Crippen molar-refractivity contribution in [1.29, 1.82) is 0 Å². The van der Waals surface area contributed by atoms with Gasteiger partial charge in [-0.2, -0.15) is 0 Å². The van der Waals surface area contributed by atoms with Gasteiger partial charge in [0.25, 0.3) is 5.89 Å². The lowest BCUT2D eigenvalue weighted by atomic mass is 10.1. The van der Waals surface area contributed by atoms with Crippen molar-refractivity contribution >= 4 is 50.9 Å². The number of alkyl carbamates (subject to hydrolysis) is 1. The second kappa shape index (κ2) is 11.3. The van der Waals surface area contributed by atoms with Crippen LogP contribution in [0.1, 0.15) is 39.2 Å². The molecule has 5 rings (SSSR count). The van der Waals surface area contributed by atoms with E-state index in [0.717, 1.165) is 0 Å². The molecule has 0 fully saturated rings. The van der Waals surface area contributed by atoms with Crippen LogP contribution < -0.4 is 16.4 Å². The normalized spacial score (nSPS) is 11.6. The Bertz CT molecular complexity index is 1960. The van der Waals surface area contributed by atoms with Crippen molar-refractivity contribution in [1.82, 2.24) is 10.3 Å². The first-order valence-electron chi connectivity index (χ1n) is 13.0. The fourth-order valence-electron chi connectivity index (χ4n) is 4.13. The molecular weight excluding hydrogens is 548 g/mol. The third-order valence-electron chi connectivity index (χ3n) is 6.01. The van der Waals surface area contributed by atoms with E-state index in [1.54, 1.807) is 51.1 Å². The van der Waals surface area contributed by atoms with E-state index in [-0.39, 0.29) is 54.4 Å². The molecule has 1 amide bonds. The van der Waals surface area contributed by atoms with Crippen LogP contribution in [-0.4, -0.2) is 35.0 Å². The van der Waals surface area contributed by atoms with Gasteiger partial charge in [0.1, 0.15) is 28.9 Å². The lowest BCUT2D eigenvalue weighted by Crippen LogP contribution is -2.35. The van der Waals surface area contributed by atoms with Crippen LogP contribution in [0, 0.1) is 0 Å². The third kappa shape index (κ3) is 6.54. The number of carbonyl (C=O) groups is 3. The van der Waals surface area contributed by atoms with Gasteiger partial charge in [-0.3, -0.25) is 14.4 Å². The molecule has 1 N–H and O–H groups in total.